The molecule has 0 aliphatic carbocycles. The fourth-order valence-electron chi connectivity index (χ4n) is 2.22. The number of aromatic hydroxyl groups is 1. The lowest BCUT2D eigenvalue weighted by atomic mass is 10.0. The molecule has 2 aromatic rings. The highest BCUT2D eigenvalue weighted by Crippen LogP contribution is 2.29. The second kappa shape index (κ2) is 7.33. The Kier molecular flexibility index (Phi) is 5.43. The standard InChI is InChI=1S/C17H15F4NO2/c18-13-5-3-12(4-6-13)15(10-17(19,20)21)22-16(24)9-11-1-7-14(23)8-2-11/h1-8,15,23H,9-10H2,(H,22,24). The molecule has 0 fully saturated rings. The third kappa shape index (κ3) is 5.57. The first kappa shape index (κ1) is 17.8. The molecule has 0 saturated carbocycles. The number of amides is 1. The minimum absolute atomic E-state index is 0.0282. The van der Waals surface area contributed by atoms with Crippen molar-refractivity contribution in [1.29, 1.82) is 0 Å². The summed E-state index contributed by atoms with van der Waals surface area (Å²) in [6, 6.07) is 9.01. The molecule has 2 N–H and O–H groups in total. The van der Waals surface area contributed by atoms with Crippen molar-refractivity contribution < 1.29 is 27.5 Å². The van der Waals surface area contributed by atoms with Gasteiger partial charge in [0.15, 0.2) is 0 Å². The number of phenolic OH excluding ortho intramolecular Hbond substituents is 1. The molecule has 0 aromatic heterocycles. The highest BCUT2D eigenvalue weighted by atomic mass is 19.4. The number of nitrogens with one attached hydrogen (secondary N) is 1. The fourth-order valence-corrected chi connectivity index (χ4v) is 2.22. The van der Waals surface area contributed by atoms with Gasteiger partial charge in [-0.15, -0.1) is 0 Å². The summed E-state index contributed by atoms with van der Waals surface area (Å²) in [7, 11) is 0. The van der Waals surface area contributed by atoms with E-state index < -0.39 is 30.4 Å². The lowest BCUT2D eigenvalue weighted by Gasteiger charge is -2.21. The average molecular weight is 341 g/mol. The van der Waals surface area contributed by atoms with Crippen molar-refractivity contribution in [2.75, 3.05) is 0 Å². The van der Waals surface area contributed by atoms with Crippen molar-refractivity contribution in [3.8, 4) is 5.75 Å². The number of hydrogen-bond donors (Lipinski definition) is 2. The van der Waals surface area contributed by atoms with Crippen LogP contribution < -0.4 is 5.32 Å². The Labute approximate surface area is 135 Å². The van der Waals surface area contributed by atoms with Crippen LogP contribution in [0.1, 0.15) is 23.6 Å². The molecular weight excluding hydrogens is 326 g/mol. The molecule has 7 heteroatoms. The van der Waals surface area contributed by atoms with E-state index >= 15 is 0 Å². The van der Waals surface area contributed by atoms with Gasteiger partial charge in [0.1, 0.15) is 11.6 Å². The molecule has 0 radical (unpaired) electrons. The lowest BCUT2D eigenvalue weighted by Crippen LogP contribution is -2.33. The van der Waals surface area contributed by atoms with Gasteiger partial charge < -0.3 is 10.4 Å². The quantitative estimate of drug-likeness (QED) is 0.811. The molecule has 3 nitrogen and oxygen atoms in total. The monoisotopic (exact) mass is 341 g/mol. The van der Waals surface area contributed by atoms with Gasteiger partial charge in [0.05, 0.1) is 18.9 Å². The summed E-state index contributed by atoms with van der Waals surface area (Å²) in [6.45, 7) is 0. The Balaban J connectivity index is 2.10. The fraction of sp³-hybridized carbons (Fsp3) is 0.235. The second-order valence-electron chi connectivity index (χ2n) is 5.33. The molecule has 24 heavy (non-hydrogen) atoms. The number of benzene rings is 2. The molecule has 1 atom stereocenters. The molecule has 0 heterocycles. The van der Waals surface area contributed by atoms with Crippen LogP contribution in [0.4, 0.5) is 17.6 Å². The molecular formula is C17H15F4NO2. The first-order chi connectivity index (χ1) is 11.2. The Bertz CT molecular complexity index is 681. The molecule has 1 amide bonds. The zero-order chi connectivity index (χ0) is 17.7. The van der Waals surface area contributed by atoms with E-state index in [2.05, 4.69) is 5.32 Å². The van der Waals surface area contributed by atoms with Gasteiger partial charge in [-0.25, -0.2) is 4.39 Å². The van der Waals surface area contributed by atoms with Crippen molar-refractivity contribution in [1.82, 2.24) is 5.32 Å². The third-order valence-electron chi connectivity index (χ3n) is 3.34. The van der Waals surface area contributed by atoms with Crippen LogP contribution in [0.15, 0.2) is 48.5 Å². The second-order valence-corrected chi connectivity index (χ2v) is 5.33. The number of carbonyl (C=O) groups excluding carboxylic acids is 1. The van der Waals surface area contributed by atoms with Crippen LogP contribution in [-0.2, 0) is 11.2 Å². The maximum atomic E-state index is 12.9. The largest absolute Gasteiger partial charge is 0.508 e. The molecule has 1 unspecified atom stereocenters. The Morgan fingerprint density at radius 2 is 1.62 bits per heavy atom. The van der Waals surface area contributed by atoms with E-state index in [4.69, 9.17) is 0 Å². The Morgan fingerprint density at radius 3 is 2.17 bits per heavy atom. The third-order valence-corrected chi connectivity index (χ3v) is 3.34. The average Bonchev–Trinajstić information content (AvgIpc) is 2.48. The van der Waals surface area contributed by atoms with Crippen molar-refractivity contribution in [2.45, 2.75) is 25.1 Å². The van der Waals surface area contributed by atoms with Crippen molar-refractivity contribution in [3.05, 3.63) is 65.5 Å². The first-order valence-corrected chi connectivity index (χ1v) is 7.12. The summed E-state index contributed by atoms with van der Waals surface area (Å²) in [5.41, 5.74) is 0.725. The van der Waals surface area contributed by atoms with Crippen LogP contribution >= 0.6 is 0 Å². The minimum Gasteiger partial charge on any atom is -0.508 e. The SMILES string of the molecule is O=C(Cc1ccc(O)cc1)NC(CC(F)(F)F)c1ccc(F)cc1. The zero-order valence-electron chi connectivity index (χ0n) is 12.5. The van der Waals surface area contributed by atoms with E-state index in [0.29, 0.717) is 5.56 Å². The van der Waals surface area contributed by atoms with Gasteiger partial charge in [0, 0.05) is 0 Å². The summed E-state index contributed by atoms with van der Waals surface area (Å²) < 4.78 is 51.2. The molecule has 0 saturated heterocycles. The lowest BCUT2D eigenvalue weighted by molar-refractivity contribution is -0.142. The van der Waals surface area contributed by atoms with Gasteiger partial charge >= 0.3 is 6.18 Å². The van der Waals surface area contributed by atoms with Crippen molar-refractivity contribution in [3.63, 3.8) is 0 Å². The first-order valence-electron chi connectivity index (χ1n) is 7.12. The van der Waals surface area contributed by atoms with Crippen LogP contribution in [-0.4, -0.2) is 17.2 Å². The molecule has 0 bridgehead atoms. The van der Waals surface area contributed by atoms with Gasteiger partial charge in [0.2, 0.25) is 5.91 Å². The van der Waals surface area contributed by atoms with Crippen molar-refractivity contribution in [2.24, 2.45) is 0 Å². The van der Waals surface area contributed by atoms with Gasteiger partial charge in [-0.05, 0) is 35.4 Å². The van der Waals surface area contributed by atoms with E-state index in [0.717, 1.165) is 12.1 Å². The van der Waals surface area contributed by atoms with Gasteiger partial charge in [-0.1, -0.05) is 24.3 Å². The van der Waals surface area contributed by atoms with Crippen LogP contribution in [0.25, 0.3) is 0 Å². The van der Waals surface area contributed by atoms with Crippen LogP contribution in [0.3, 0.4) is 0 Å². The maximum absolute atomic E-state index is 12.9. The Morgan fingerprint density at radius 1 is 1.04 bits per heavy atom. The molecule has 0 aliphatic heterocycles. The van der Waals surface area contributed by atoms with Gasteiger partial charge in [-0.2, -0.15) is 13.2 Å². The number of halogens is 4. The molecule has 128 valence electrons. The number of carbonyl (C=O) groups is 1. The number of hydrogen-bond acceptors (Lipinski definition) is 2. The zero-order valence-corrected chi connectivity index (χ0v) is 12.5. The van der Waals surface area contributed by atoms with E-state index in [9.17, 15) is 27.5 Å². The summed E-state index contributed by atoms with van der Waals surface area (Å²) in [5, 5.41) is 11.5. The van der Waals surface area contributed by atoms with Gasteiger partial charge in [0.25, 0.3) is 0 Å². The van der Waals surface area contributed by atoms with Crippen LogP contribution in [0.2, 0.25) is 0 Å². The summed E-state index contributed by atoms with van der Waals surface area (Å²) in [6.07, 6.45) is -5.86. The number of alkyl halides is 3. The van der Waals surface area contributed by atoms with E-state index in [1.807, 2.05) is 0 Å². The number of phenols is 1. The predicted molar refractivity (Wildman–Crippen MR) is 79.8 cm³/mol. The van der Waals surface area contributed by atoms with Crippen molar-refractivity contribution >= 4 is 5.91 Å². The predicted octanol–water partition coefficient (Wildman–Crippen LogP) is 3.88. The number of rotatable bonds is 5. The van der Waals surface area contributed by atoms with E-state index in [1.165, 1.54) is 36.4 Å². The summed E-state index contributed by atoms with van der Waals surface area (Å²) in [5.74, 6) is -1.14. The van der Waals surface area contributed by atoms with Gasteiger partial charge in [-0.3, -0.25) is 4.79 Å². The van der Waals surface area contributed by atoms with Crippen LogP contribution in [0, 0.1) is 5.82 Å². The molecule has 2 aromatic carbocycles. The van der Waals surface area contributed by atoms with Crippen LogP contribution in [0.5, 0.6) is 5.75 Å². The summed E-state index contributed by atoms with van der Waals surface area (Å²) >= 11 is 0. The topological polar surface area (TPSA) is 49.3 Å². The highest BCUT2D eigenvalue weighted by molar-refractivity contribution is 5.79. The Hall–Kier alpha value is -2.57. The summed E-state index contributed by atoms with van der Waals surface area (Å²) in [4.78, 5) is 12.0. The molecule has 0 aliphatic rings. The van der Waals surface area contributed by atoms with E-state index in [-0.39, 0.29) is 17.7 Å². The highest BCUT2D eigenvalue weighted by Gasteiger charge is 2.33. The van der Waals surface area contributed by atoms with E-state index in [1.54, 1.807) is 0 Å². The maximum Gasteiger partial charge on any atom is 0.391 e. The molecule has 2 rings (SSSR count). The molecule has 0 spiro atoms. The minimum atomic E-state index is -4.48. The normalized spacial score (nSPS) is 12.7. The smallest absolute Gasteiger partial charge is 0.391 e.